The number of hydrogen-bond donors (Lipinski definition) is 0. The second-order valence-corrected chi connectivity index (χ2v) is 1.58. The van der Waals surface area contributed by atoms with Gasteiger partial charge in [-0.25, -0.2) is 0 Å². The van der Waals surface area contributed by atoms with Gasteiger partial charge in [-0.15, -0.1) is 0 Å². The Labute approximate surface area is 71.5 Å². The van der Waals surface area contributed by atoms with Gasteiger partial charge in [0.15, 0.2) is 0 Å². The van der Waals surface area contributed by atoms with Crippen LogP contribution in [-0.4, -0.2) is 0 Å². The molecular weight excluding hydrogens is 167 g/mol. The quantitative estimate of drug-likeness (QED) is 0.530. The van der Waals surface area contributed by atoms with Gasteiger partial charge in [0.05, 0.1) is 0 Å². The Kier molecular flexibility index (Phi) is 6.50. The number of halogens is 1. The average Bonchev–Trinajstić information content (AvgIpc) is 1.94. The van der Waals surface area contributed by atoms with E-state index in [0.717, 1.165) is 0 Å². The molecule has 1 rings (SSSR count). The average molecular weight is 174 g/mol. The van der Waals surface area contributed by atoms with E-state index in [1.165, 1.54) is 24.9 Å². The summed E-state index contributed by atoms with van der Waals surface area (Å²) in [7, 11) is 4.64. The summed E-state index contributed by atoms with van der Waals surface area (Å²) in [6.45, 7) is 2.06. The predicted molar refractivity (Wildman–Crippen MR) is 35.9 cm³/mol. The molecule has 0 aliphatic carbocycles. The first-order valence-electron chi connectivity index (χ1n) is 2.51. The first-order valence-corrected chi connectivity index (χ1v) is 4.66. The van der Waals surface area contributed by atoms with Gasteiger partial charge >= 0.3 is 28.7 Å². The molecule has 9 heavy (non-hydrogen) atoms. The predicted octanol–water partition coefficient (Wildman–Crippen LogP) is 2.48. The van der Waals surface area contributed by atoms with Crippen molar-refractivity contribution in [1.29, 1.82) is 0 Å². The Hall–Kier alpha value is 0.224. The molecule has 0 spiro atoms. The molecule has 0 aromatic heterocycles. The fourth-order valence-electron chi connectivity index (χ4n) is 0.470. The summed E-state index contributed by atoms with van der Waals surface area (Å²) in [4.78, 5) is 0. The SMILES string of the molecule is Cc1cc[c]cc1.[Cl][Ti]. The minimum absolute atomic E-state index is 1.29. The molecule has 0 amide bonds. The first kappa shape index (κ1) is 9.22. The van der Waals surface area contributed by atoms with Crippen molar-refractivity contribution in [2.75, 3.05) is 0 Å². The zero-order chi connectivity index (χ0) is 7.11. The van der Waals surface area contributed by atoms with Crippen LogP contribution in [0.4, 0.5) is 0 Å². The molecule has 0 atom stereocenters. The summed E-state index contributed by atoms with van der Waals surface area (Å²) in [5.41, 5.74) is 1.29. The Morgan fingerprint density at radius 3 is 2.00 bits per heavy atom. The molecule has 0 bridgehead atoms. The monoisotopic (exact) mass is 174 g/mol. The number of rotatable bonds is 0. The van der Waals surface area contributed by atoms with Crippen LogP contribution in [0.2, 0.25) is 0 Å². The van der Waals surface area contributed by atoms with Gasteiger partial charge in [0, 0.05) is 0 Å². The summed E-state index contributed by atoms with van der Waals surface area (Å²) < 4.78 is 0. The van der Waals surface area contributed by atoms with Crippen molar-refractivity contribution in [2.45, 2.75) is 6.92 Å². The molecule has 0 aliphatic rings. The van der Waals surface area contributed by atoms with Crippen molar-refractivity contribution in [2.24, 2.45) is 0 Å². The van der Waals surface area contributed by atoms with Gasteiger partial charge in [-0.2, -0.15) is 0 Å². The Morgan fingerprint density at radius 2 is 1.78 bits per heavy atom. The van der Waals surface area contributed by atoms with Crippen LogP contribution in [0.25, 0.3) is 0 Å². The van der Waals surface area contributed by atoms with E-state index in [-0.39, 0.29) is 0 Å². The Bertz CT molecular complexity index is 139. The first-order chi connectivity index (χ1) is 4.39. The van der Waals surface area contributed by atoms with Crippen LogP contribution >= 0.6 is 9.30 Å². The maximum absolute atomic E-state index is 4.64. The zero-order valence-corrected chi connectivity index (χ0v) is 7.50. The van der Waals surface area contributed by atoms with Crippen molar-refractivity contribution in [3.63, 3.8) is 0 Å². The van der Waals surface area contributed by atoms with Crippen molar-refractivity contribution in [1.82, 2.24) is 0 Å². The molecule has 0 aliphatic heterocycles. The minimum atomic E-state index is 1.29. The molecular formula is C7H7ClTi. The van der Waals surface area contributed by atoms with Crippen LogP contribution in [0.1, 0.15) is 5.56 Å². The van der Waals surface area contributed by atoms with E-state index in [0.29, 0.717) is 0 Å². The summed E-state index contributed by atoms with van der Waals surface area (Å²) in [6, 6.07) is 10.8. The van der Waals surface area contributed by atoms with Crippen LogP contribution in [0.15, 0.2) is 24.3 Å². The third-order valence-corrected chi connectivity index (χ3v) is 0.885. The molecule has 0 nitrogen and oxygen atoms in total. The van der Waals surface area contributed by atoms with Gasteiger partial charge < -0.3 is 0 Å². The van der Waals surface area contributed by atoms with Crippen LogP contribution < -0.4 is 0 Å². The summed E-state index contributed by atoms with van der Waals surface area (Å²) in [5.74, 6) is 0. The van der Waals surface area contributed by atoms with E-state index in [1.54, 1.807) is 0 Å². The summed E-state index contributed by atoms with van der Waals surface area (Å²) in [6.07, 6.45) is 0. The second-order valence-electron chi connectivity index (χ2n) is 1.58. The van der Waals surface area contributed by atoms with Crippen molar-refractivity contribution in [3.8, 4) is 0 Å². The molecule has 1 aromatic rings. The molecule has 0 fully saturated rings. The summed E-state index contributed by atoms with van der Waals surface area (Å²) >= 11 is 1.47. The maximum atomic E-state index is 4.64. The Balaban J connectivity index is 0.000000291. The molecule has 1 aromatic carbocycles. The van der Waals surface area contributed by atoms with E-state index in [9.17, 15) is 0 Å². The fraction of sp³-hybridized carbons (Fsp3) is 0.143. The Morgan fingerprint density at radius 1 is 1.33 bits per heavy atom. The fourth-order valence-corrected chi connectivity index (χ4v) is 0.470. The van der Waals surface area contributed by atoms with E-state index in [1.807, 2.05) is 24.3 Å². The van der Waals surface area contributed by atoms with Gasteiger partial charge in [0.1, 0.15) is 0 Å². The standard InChI is InChI=1S/C7H7.ClH.Ti/c1-7-5-3-2-4-6-7;;/h3-6H,1H3;1H;/q;;+1/p-1. The van der Waals surface area contributed by atoms with Crippen LogP contribution in [-0.2, 0) is 19.4 Å². The van der Waals surface area contributed by atoms with E-state index in [4.69, 9.17) is 0 Å². The van der Waals surface area contributed by atoms with E-state index < -0.39 is 0 Å². The van der Waals surface area contributed by atoms with Crippen LogP contribution in [0.5, 0.6) is 0 Å². The molecule has 0 saturated carbocycles. The number of benzene rings is 1. The molecule has 0 unspecified atom stereocenters. The van der Waals surface area contributed by atoms with Gasteiger partial charge in [-0.3, -0.25) is 0 Å². The topological polar surface area (TPSA) is 0 Å². The second kappa shape index (κ2) is 6.35. The van der Waals surface area contributed by atoms with Crippen molar-refractivity contribution < 1.29 is 19.4 Å². The number of aryl methyl sites for hydroxylation is 1. The summed E-state index contributed by atoms with van der Waals surface area (Å²) in [5, 5.41) is 0. The molecule has 1 radical (unpaired) electrons. The molecule has 0 heterocycles. The molecule has 2 heteroatoms. The van der Waals surface area contributed by atoms with Crippen LogP contribution in [0, 0.1) is 13.0 Å². The molecule has 0 saturated heterocycles. The van der Waals surface area contributed by atoms with Gasteiger partial charge in [0.2, 0.25) is 0 Å². The molecule has 0 N–H and O–H groups in total. The van der Waals surface area contributed by atoms with Gasteiger partial charge in [0.25, 0.3) is 0 Å². The van der Waals surface area contributed by atoms with Crippen molar-refractivity contribution in [3.05, 3.63) is 35.9 Å². The number of hydrogen-bond acceptors (Lipinski definition) is 0. The van der Waals surface area contributed by atoms with E-state index in [2.05, 4.69) is 22.3 Å². The third kappa shape index (κ3) is 4.71. The molecule has 46 valence electrons. The van der Waals surface area contributed by atoms with Crippen molar-refractivity contribution >= 4 is 9.30 Å². The van der Waals surface area contributed by atoms with Crippen LogP contribution in [0.3, 0.4) is 0 Å². The normalized spacial score (nSPS) is 7.22. The third-order valence-electron chi connectivity index (χ3n) is 0.885. The van der Waals surface area contributed by atoms with Gasteiger partial charge in [-0.1, -0.05) is 29.8 Å². The van der Waals surface area contributed by atoms with Gasteiger partial charge in [-0.05, 0) is 13.0 Å². The van der Waals surface area contributed by atoms with E-state index >= 15 is 0 Å². The zero-order valence-electron chi connectivity index (χ0n) is 5.19.